The highest BCUT2D eigenvalue weighted by atomic mass is 127. The molecule has 1 N–H and O–H groups in total. The van der Waals surface area contributed by atoms with Gasteiger partial charge in [0.25, 0.3) is 0 Å². The molecule has 0 aromatic carbocycles. The average molecular weight is 460 g/mol. The van der Waals surface area contributed by atoms with Gasteiger partial charge < -0.3 is 14.8 Å². The van der Waals surface area contributed by atoms with Crippen LogP contribution in [0.5, 0.6) is 0 Å². The number of aryl methyl sites for hydroxylation is 1. The predicted octanol–water partition coefficient (Wildman–Crippen LogP) is 3.25. The lowest BCUT2D eigenvalue weighted by Crippen LogP contribution is -2.50. The van der Waals surface area contributed by atoms with Crippen molar-refractivity contribution in [1.82, 2.24) is 25.0 Å². The molecule has 2 heterocycles. The zero-order valence-corrected chi connectivity index (χ0v) is 18.4. The van der Waals surface area contributed by atoms with E-state index in [2.05, 4.69) is 34.3 Å². The van der Waals surface area contributed by atoms with Crippen LogP contribution in [0.2, 0.25) is 0 Å². The van der Waals surface area contributed by atoms with Gasteiger partial charge in [-0.25, -0.2) is 4.99 Å². The van der Waals surface area contributed by atoms with Crippen LogP contribution in [0.1, 0.15) is 64.0 Å². The van der Waals surface area contributed by atoms with Crippen LogP contribution in [0.4, 0.5) is 0 Å². The molecule has 1 saturated carbocycles. The van der Waals surface area contributed by atoms with Crippen LogP contribution in [-0.2, 0) is 13.6 Å². The minimum absolute atomic E-state index is 0. The van der Waals surface area contributed by atoms with Gasteiger partial charge in [-0.2, -0.15) is 0 Å². The number of guanidine groups is 1. The van der Waals surface area contributed by atoms with Crippen molar-refractivity contribution in [3.8, 4) is 0 Å². The van der Waals surface area contributed by atoms with Gasteiger partial charge in [-0.1, -0.05) is 20.3 Å². The van der Waals surface area contributed by atoms with Gasteiger partial charge in [0, 0.05) is 26.2 Å². The Hall–Kier alpha value is -0.860. The minimum atomic E-state index is 0. The molecular formula is C18H33IN6. The van der Waals surface area contributed by atoms with Gasteiger partial charge in [0.15, 0.2) is 11.8 Å². The SMILES string of the molecule is CCCC1(C)CCCN(C(=NCc2nnc(C)n2C)NC2CC2)C1.I. The van der Waals surface area contributed by atoms with E-state index in [-0.39, 0.29) is 24.0 Å². The number of aromatic nitrogens is 3. The first-order valence-corrected chi connectivity index (χ1v) is 9.41. The van der Waals surface area contributed by atoms with Crippen LogP contribution in [-0.4, -0.2) is 44.8 Å². The van der Waals surface area contributed by atoms with E-state index in [1.807, 2.05) is 18.5 Å². The molecule has 142 valence electrons. The van der Waals surface area contributed by atoms with Crippen molar-refractivity contribution in [2.24, 2.45) is 17.5 Å². The van der Waals surface area contributed by atoms with Crippen LogP contribution in [0.25, 0.3) is 0 Å². The Morgan fingerprint density at radius 3 is 2.72 bits per heavy atom. The Morgan fingerprint density at radius 1 is 1.36 bits per heavy atom. The van der Waals surface area contributed by atoms with E-state index in [4.69, 9.17) is 4.99 Å². The number of nitrogens with zero attached hydrogens (tertiary/aromatic N) is 5. The van der Waals surface area contributed by atoms with Gasteiger partial charge in [0.1, 0.15) is 12.4 Å². The monoisotopic (exact) mass is 460 g/mol. The fourth-order valence-electron chi connectivity index (χ4n) is 3.69. The number of hydrogen-bond acceptors (Lipinski definition) is 3. The molecule has 6 nitrogen and oxygen atoms in total. The fourth-order valence-corrected chi connectivity index (χ4v) is 3.69. The number of nitrogens with one attached hydrogen (secondary N) is 1. The molecule has 1 aromatic rings. The molecule has 2 aliphatic rings. The largest absolute Gasteiger partial charge is 0.353 e. The quantitative estimate of drug-likeness (QED) is 0.417. The molecule has 1 unspecified atom stereocenters. The number of likely N-dealkylation sites (tertiary alicyclic amines) is 1. The van der Waals surface area contributed by atoms with Gasteiger partial charge in [-0.05, 0) is 44.4 Å². The van der Waals surface area contributed by atoms with Crippen LogP contribution in [0.3, 0.4) is 0 Å². The van der Waals surface area contributed by atoms with Crippen molar-refractivity contribution in [3.05, 3.63) is 11.6 Å². The van der Waals surface area contributed by atoms with Crippen molar-refractivity contribution in [1.29, 1.82) is 0 Å². The summed E-state index contributed by atoms with van der Waals surface area (Å²) < 4.78 is 2.02. The number of aliphatic imine (C=N–C) groups is 1. The summed E-state index contributed by atoms with van der Waals surface area (Å²) in [5, 5.41) is 12.0. The third-order valence-electron chi connectivity index (χ3n) is 5.40. The molecule has 0 radical (unpaired) electrons. The second-order valence-electron chi connectivity index (χ2n) is 7.87. The Balaban J connectivity index is 0.00000225. The molecule has 0 amide bonds. The zero-order valence-electron chi connectivity index (χ0n) is 16.1. The zero-order chi connectivity index (χ0) is 17.2. The molecule has 3 rings (SSSR count). The fraction of sp³-hybridized carbons (Fsp3) is 0.833. The lowest BCUT2D eigenvalue weighted by molar-refractivity contribution is 0.142. The lowest BCUT2D eigenvalue weighted by atomic mass is 9.78. The van der Waals surface area contributed by atoms with E-state index in [9.17, 15) is 0 Å². The number of piperidine rings is 1. The van der Waals surface area contributed by atoms with Crippen LogP contribution in [0.15, 0.2) is 4.99 Å². The van der Waals surface area contributed by atoms with Gasteiger partial charge in [0.05, 0.1) is 0 Å². The molecule has 7 heteroatoms. The molecular weight excluding hydrogens is 427 g/mol. The molecule has 25 heavy (non-hydrogen) atoms. The Kier molecular flexibility index (Phi) is 7.10. The molecule has 1 atom stereocenters. The summed E-state index contributed by atoms with van der Waals surface area (Å²) in [5.41, 5.74) is 0.417. The Bertz CT molecular complexity index is 590. The first-order chi connectivity index (χ1) is 11.5. The molecule has 0 spiro atoms. The summed E-state index contributed by atoms with van der Waals surface area (Å²) in [7, 11) is 2.01. The van der Waals surface area contributed by atoms with E-state index in [0.717, 1.165) is 30.7 Å². The number of halogens is 1. The highest BCUT2D eigenvalue weighted by Gasteiger charge is 2.33. The highest BCUT2D eigenvalue weighted by molar-refractivity contribution is 14.0. The van der Waals surface area contributed by atoms with Crippen LogP contribution in [0, 0.1) is 12.3 Å². The maximum absolute atomic E-state index is 4.91. The summed E-state index contributed by atoms with van der Waals surface area (Å²) in [6.07, 6.45) is 7.67. The maximum atomic E-state index is 4.91. The van der Waals surface area contributed by atoms with E-state index < -0.39 is 0 Å². The standard InChI is InChI=1S/C18H32N6.HI/c1-5-9-18(3)10-6-11-24(13-18)17(20-15-7-8-15)19-12-16-22-21-14(2)23(16)4;/h15H,5-13H2,1-4H3,(H,19,20);1H. The second kappa shape index (κ2) is 8.68. The molecule has 1 aromatic heterocycles. The molecule has 1 aliphatic heterocycles. The molecule has 0 bridgehead atoms. The van der Waals surface area contributed by atoms with Gasteiger partial charge in [-0.15, -0.1) is 34.2 Å². The first kappa shape index (κ1) is 20.5. The molecule has 2 fully saturated rings. The van der Waals surface area contributed by atoms with E-state index in [1.165, 1.54) is 38.5 Å². The van der Waals surface area contributed by atoms with Crippen LogP contribution >= 0.6 is 24.0 Å². The summed E-state index contributed by atoms with van der Waals surface area (Å²) in [5.74, 6) is 2.93. The number of hydrogen-bond donors (Lipinski definition) is 1. The maximum Gasteiger partial charge on any atom is 0.194 e. The Labute approximate surface area is 168 Å². The number of rotatable bonds is 5. The van der Waals surface area contributed by atoms with E-state index >= 15 is 0 Å². The summed E-state index contributed by atoms with van der Waals surface area (Å²) in [4.78, 5) is 7.38. The normalized spacial score (nSPS) is 24.2. The van der Waals surface area contributed by atoms with Crippen molar-refractivity contribution in [3.63, 3.8) is 0 Å². The van der Waals surface area contributed by atoms with Crippen molar-refractivity contribution in [2.75, 3.05) is 13.1 Å². The van der Waals surface area contributed by atoms with Crippen molar-refractivity contribution >= 4 is 29.9 Å². The summed E-state index contributed by atoms with van der Waals surface area (Å²) >= 11 is 0. The van der Waals surface area contributed by atoms with Gasteiger partial charge >= 0.3 is 0 Å². The van der Waals surface area contributed by atoms with Crippen LogP contribution < -0.4 is 5.32 Å². The van der Waals surface area contributed by atoms with Crippen molar-refractivity contribution < 1.29 is 0 Å². The summed E-state index contributed by atoms with van der Waals surface area (Å²) in [6, 6.07) is 0.615. The molecule has 1 saturated heterocycles. The van der Waals surface area contributed by atoms with E-state index in [0.29, 0.717) is 18.0 Å². The van der Waals surface area contributed by atoms with E-state index in [1.54, 1.807) is 0 Å². The first-order valence-electron chi connectivity index (χ1n) is 9.41. The third kappa shape index (κ3) is 5.31. The minimum Gasteiger partial charge on any atom is -0.353 e. The average Bonchev–Trinajstić information content (AvgIpc) is 3.31. The Morgan fingerprint density at radius 2 is 2.12 bits per heavy atom. The highest BCUT2D eigenvalue weighted by Crippen LogP contribution is 2.34. The van der Waals surface area contributed by atoms with Gasteiger partial charge in [0.2, 0.25) is 0 Å². The molecule has 1 aliphatic carbocycles. The predicted molar refractivity (Wildman–Crippen MR) is 112 cm³/mol. The summed E-state index contributed by atoms with van der Waals surface area (Å²) in [6.45, 7) is 9.51. The smallest absolute Gasteiger partial charge is 0.194 e. The topological polar surface area (TPSA) is 58.3 Å². The second-order valence-corrected chi connectivity index (χ2v) is 7.87. The lowest BCUT2D eigenvalue weighted by Gasteiger charge is -2.42. The van der Waals surface area contributed by atoms with Gasteiger partial charge in [-0.3, -0.25) is 0 Å². The third-order valence-corrected chi connectivity index (χ3v) is 5.40. The van der Waals surface area contributed by atoms with Crippen molar-refractivity contribution in [2.45, 2.75) is 71.9 Å².